The molecule has 1 aromatic carbocycles. The molecule has 1 aromatic rings. The number of carboxylic acids is 1. The second kappa shape index (κ2) is 12.8. The molecule has 4 unspecified atom stereocenters. The second-order valence-electron chi connectivity index (χ2n) is 8.05. The van der Waals surface area contributed by atoms with E-state index in [-0.39, 0.29) is 12.2 Å². The Morgan fingerprint density at radius 3 is 2.03 bits per heavy atom. The Balaban J connectivity index is 3.02. The molecule has 0 fully saturated rings. The van der Waals surface area contributed by atoms with Crippen LogP contribution in [0.3, 0.4) is 0 Å². The number of halogens is 3. The van der Waals surface area contributed by atoms with Gasteiger partial charge in [-0.25, -0.2) is 4.79 Å². The first-order valence-electron chi connectivity index (χ1n) is 10.7. The molecule has 5 N–H and O–H groups in total. The van der Waals surface area contributed by atoms with Crippen LogP contribution in [0.1, 0.15) is 45.6 Å². The molecular formula is C22H30F3N3O6. The van der Waals surface area contributed by atoms with Gasteiger partial charge in [0.1, 0.15) is 23.9 Å². The van der Waals surface area contributed by atoms with Crippen molar-refractivity contribution in [3.8, 4) is 5.75 Å². The Hall–Kier alpha value is -3.31. The molecule has 0 aromatic heterocycles. The minimum absolute atomic E-state index is 0.0105. The number of benzene rings is 1. The summed E-state index contributed by atoms with van der Waals surface area (Å²) in [7, 11) is 0. The van der Waals surface area contributed by atoms with Crippen LogP contribution >= 0.6 is 0 Å². The normalized spacial score (nSPS) is 14.9. The molecule has 3 amide bonds. The number of hydrogen-bond donors (Lipinski definition) is 5. The largest absolute Gasteiger partial charge is 0.508 e. The molecule has 0 aliphatic rings. The first-order chi connectivity index (χ1) is 15.7. The summed E-state index contributed by atoms with van der Waals surface area (Å²) < 4.78 is 37.5. The van der Waals surface area contributed by atoms with Gasteiger partial charge in [0.2, 0.25) is 17.7 Å². The molecule has 4 atom stereocenters. The monoisotopic (exact) mass is 489 g/mol. The van der Waals surface area contributed by atoms with E-state index < -0.39 is 66.8 Å². The van der Waals surface area contributed by atoms with Crippen LogP contribution in [0.25, 0.3) is 0 Å². The molecule has 12 heteroatoms. The number of alkyl halides is 3. The van der Waals surface area contributed by atoms with Gasteiger partial charge in [-0.05, 0) is 30.0 Å². The highest BCUT2D eigenvalue weighted by Gasteiger charge is 2.34. The molecule has 190 valence electrons. The number of aliphatic carboxylic acids is 1. The number of nitrogens with one attached hydrogen (secondary N) is 3. The van der Waals surface area contributed by atoms with Gasteiger partial charge in [-0.3, -0.25) is 14.4 Å². The van der Waals surface area contributed by atoms with E-state index in [0.717, 1.165) is 0 Å². The summed E-state index contributed by atoms with van der Waals surface area (Å²) >= 11 is 0. The predicted octanol–water partition coefficient (Wildman–Crippen LogP) is 1.88. The summed E-state index contributed by atoms with van der Waals surface area (Å²) in [4.78, 5) is 48.7. The van der Waals surface area contributed by atoms with Crippen molar-refractivity contribution in [2.75, 3.05) is 0 Å². The number of carbonyl (C=O) groups excluding carboxylic acids is 3. The first kappa shape index (κ1) is 28.7. The van der Waals surface area contributed by atoms with Crippen molar-refractivity contribution in [1.29, 1.82) is 0 Å². The van der Waals surface area contributed by atoms with Crippen molar-refractivity contribution in [2.45, 2.75) is 70.8 Å². The van der Waals surface area contributed by atoms with Crippen molar-refractivity contribution in [3.05, 3.63) is 29.8 Å². The van der Waals surface area contributed by atoms with Gasteiger partial charge < -0.3 is 26.2 Å². The second-order valence-corrected chi connectivity index (χ2v) is 8.05. The zero-order valence-electron chi connectivity index (χ0n) is 19.1. The van der Waals surface area contributed by atoms with Crippen LogP contribution in [0.4, 0.5) is 13.2 Å². The van der Waals surface area contributed by atoms with Gasteiger partial charge >= 0.3 is 12.1 Å². The number of aromatic hydroxyl groups is 1. The molecule has 1 rings (SSSR count). The molecule has 0 saturated heterocycles. The fourth-order valence-electron chi connectivity index (χ4n) is 3.11. The molecule has 0 radical (unpaired) electrons. The van der Waals surface area contributed by atoms with E-state index in [4.69, 9.17) is 0 Å². The average Bonchev–Trinajstić information content (AvgIpc) is 2.73. The first-order valence-corrected chi connectivity index (χ1v) is 10.7. The summed E-state index contributed by atoms with van der Waals surface area (Å²) in [5.74, 6) is -4.30. The number of phenols is 1. The van der Waals surface area contributed by atoms with Crippen molar-refractivity contribution in [1.82, 2.24) is 16.0 Å². The number of rotatable bonds is 12. The summed E-state index contributed by atoms with van der Waals surface area (Å²) in [6.45, 7) is 4.54. The SMILES string of the molecule is CCC(C)C(NC(=O)C(Cc1ccc(O)cc1)NC(C)=O)C(=O)NC(CCC(F)(F)F)C(=O)O. The van der Waals surface area contributed by atoms with Crippen molar-refractivity contribution in [2.24, 2.45) is 5.92 Å². The molecular weight excluding hydrogens is 459 g/mol. The van der Waals surface area contributed by atoms with E-state index in [2.05, 4.69) is 16.0 Å². The van der Waals surface area contributed by atoms with Crippen LogP contribution in [0.2, 0.25) is 0 Å². The van der Waals surface area contributed by atoms with E-state index >= 15 is 0 Å². The molecule has 9 nitrogen and oxygen atoms in total. The maximum Gasteiger partial charge on any atom is 0.389 e. The van der Waals surface area contributed by atoms with Crippen LogP contribution in [-0.2, 0) is 25.6 Å². The fourth-order valence-corrected chi connectivity index (χ4v) is 3.11. The molecule has 0 aliphatic carbocycles. The van der Waals surface area contributed by atoms with Gasteiger partial charge in [-0.15, -0.1) is 0 Å². The third-order valence-corrected chi connectivity index (χ3v) is 5.19. The Morgan fingerprint density at radius 2 is 1.56 bits per heavy atom. The van der Waals surface area contributed by atoms with E-state index in [1.807, 2.05) is 0 Å². The van der Waals surface area contributed by atoms with Gasteiger partial charge in [0.25, 0.3) is 0 Å². The summed E-state index contributed by atoms with van der Waals surface area (Å²) in [6.07, 6.45) is -6.43. The Bertz CT molecular complexity index is 860. The van der Waals surface area contributed by atoms with Crippen molar-refractivity contribution < 1.29 is 42.6 Å². The van der Waals surface area contributed by atoms with Crippen LogP contribution in [-0.4, -0.2) is 58.2 Å². The number of carbonyl (C=O) groups is 4. The van der Waals surface area contributed by atoms with Gasteiger partial charge in [0, 0.05) is 19.8 Å². The zero-order valence-corrected chi connectivity index (χ0v) is 19.1. The maximum absolute atomic E-state index is 12.9. The van der Waals surface area contributed by atoms with Gasteiger partial charge in [0.15, 0.2) is 0 Å². The zero-order chi connectivity index (χ0) is 26.1. The van der Waals surface area contributed by atoms with E-state index in [1.165, 1.54) is 19.1 Å². The van der Waals surface area contributed by atoms with Crippen LogP contribution in [0.15, 0.2) is 24.3 Å². The molecule has 0 aliphatic heterocycles. The molecule has 0 saturated carbocycles. The van der Waals surface area contributed by atoms with Gasteiger partial charge in [0.05, 0.1) is 0 Å². The lowest BCUT2D eigenvalue weighted by molar-refractivity contribution is -0.148. The highest BCUT2D eigenvalue weighted by Crippen LogP contribution is 2.22. The van der Waals surface area contributed by atoms with Gasteiger partial charge in [-0.2, -0.15) is 13.2 Å². The Labute approximate surface area is 195 Å². The summed E-state index contributed by atoms with van der Waals surface area (Å²) in [6, 6.07) is 1.77. The van der Waals surface area contributed by atoms with E-state index in [9.17, 15) is 42.6 Å². The maximum atomic E-state index is 12.9. The van der Waals surface area contributed by atoms with E-state index in [0.29, 0.717) is 12.0 Å². The third kappa shape index (κ3) is 10.1. The summed E-state index contributed by atoms with van der Waals surface area (Å²) in [5.41, 5.74) is 0.606. The van der Waals surface area contributed by atoms with Crippen LogP contribution < -0.4 is 16.0 Å². The Kier molecular flexibility index (Phi) is 10.8. The Morgan fingerprint density at radius 1 is 0.971 bits per heavy atom. The number of amides is 3. The quantitative estimate of drug-likeness (QED) is 0.303. The molecule has 0 bridgehead atoms. The number of carboxylic acid groups (broad SMARTS) is 1. The minimum atomic E-state index is -4.59. The predicted molar refractivity (Wildman–Crippen MR) is 116 cm³/mol. The van der Waals surface area contributed by atoms with E-state index in [1.54, 1.807) is 26.0 Å². The topological polar surface area (TPSA) is 145 Å². The number of hydrogen-bond acceptors (Lipinski definition) is 5. The van der Waals surface area contributed by atoms with Crippen molar-refractivity contribution in [3.63, 3.8) is 0 Å². The molecule has 0 heterocycles. The summed E-state index contributed by atoms with van der Waals surface area (Å²) in [5, 5.41) is 25.7. The molecule has 0 spiro atoms. The van der Waals surface area contributed by atoms with Crippen LogP contribution in [0, 0.1) is 5.92 Å². The lowest BCUT2D eigenvalue weighted by atomic mass is 9.96. The van der Waals surface area contributed by atoms with Crippen molar-refractivity contribution >= 4 is 23.7 Å². The number of phenolic OH excluding ortho intramolecular Hbond substituents is 1. The fraction of sp³-hybridized carbons (Fsp3) is 0.545. The third-order valence-electron chi connectivity index (χ3n) is 5.19. The smallest absolute Gasteiger partial charge is 0.389 e. The lowest BCUT2D eigenvalue weighted by Crippen LogP contribution is -2.58. The standard InChI is InChI=1S/C22H30F3N3O6/c1-4-12(2)18(20(32)27-16(21(33)34)9-10-22(23,24)25)28-19(31)17(26-13(3)29)11-14-5-7-15(30)8-6-14/h5-8,12,16-18,30H,4,9-11H2,1-3H3,(H,26,29)(H,27,32)(H,28,31)(H,33,34). The lowest BCUT2D eigenvalue weighted by Gasteiger charge is -2.27. The average molecular weight is 489 g/mol. The van der Waals surface area contributed by atoms with Crippen LogP contribution in [0.5, 0.6) is 5.75 Å². The minimum Gasteiger partial charge on any atom is -0.508 e. The van der Waals surface area contributed by atoms with Gasteiger partial charge in [-0.1, -0.05) is 32.4 Å². The molecule has 34 heavy (non-hydrogen) atoms. The highest BCUT2D eigenvalue weighted by molar-refractivity contribution is 5.93. The highest BCUT2D eigenvalue weighted by atomic mass is 19.4.